The van der Waals surface area contributed by atoms with Gasteiger partial charge >= 0.3 is 0 Å². The van der Waals surface area contributed by atoms with Gasteiger partial charge in [0, 0.05) is 5.69 Å². The first-order valence-corrected chi connectivity index (χ1v) is 10.4. The number of rotatable bonds is 5. The van der Waals surface area contributed by atoms with Crippen molar-refractivity contribution in [2.75, 3.05) is 11.9 Å². The molecule has 3 rings (SSSR count). The zero-order valence-corrected chi connectivity index (χ0v) is 18.2. The Morgan fingerprint density at radius 3 is 2.45 bits per heavy atom. The van der Waals surface area contributed by atoms with Crippen LogP contribution in [0.5, 0.6) is 0 Å². The maximum Gasteiger partial charge on any atom is 0.266 e. The number of benzene rings is 2. The predicted molar refractivity (Wildman–Crippen MR) is 125 cm³/mol. The molecule has 2 aromatic rings. The average molecular weight is 423 g/mol. The SMILES string of the molecule is Cc1cc(C)c(NC(=O)CN2C(=O)/C(=C\C=C\c3ccccc3)SC2=S)c(C)c1. The van der Waals surface area contributed by atoms with Crippen LogP contribution in [0.3, 0.4) is 0 Å². The van der Waals surface area contributed by atoms with E-state index in [1.807, 2.05) is 75.4 Å². The number of thiocarbonyl (C=S) groups is 1. The molecular formula is C23H22N2O2S2. The molecule has 2 amide bonds. The summed E-state index contributed by atoms with van der Waals surface area (Å²) in [4.78, 5) is 27.1. The molecule has 1 N–H and O–H groups in total. The minimum absolute atomic E-state index is 0.100. The molecule has 1 heterocycles. The van der Waals surface area contributed by atoms with Crippen molar-refractivity contribution >= 4 is 51.9 Å². The highest BCUT2D eigenvalue weighted by molar-refractivity contribution is 8.26. The smallest absolute Gasteiger partial charge is 0.266 e. The Labute approximate surface area is 180 Å². The van der Waals surface area contributed by atoms with Gasteiger partial charge in [0.15, 0.2) is 0 Å². The molecule has 0 saturated carbocycles. The van der Waals surface area contributed by atoms with Crippen LogP contribution in [-0.2, 0) is 9.59 Å². The third-order valence-corrected chi connectivity index (χ3v) is 5.85. The molecule has 1 aliphatic heterocycles. The molecule has 0 aromatic heterocycles. The zero-order valence-electron chi connectivity index (χ0n) is 16.6. The van der Waals surface area contributed by atoms with Gasteiger partial charge in [-0.25, -0.2) is 0 Å². The summed E-state index contributed by atoms with van der Waals surface area (Å²) in [5, 5.41) is 2.92. The quantitative estimate of drug-likeness (QED) is 0.544. The lowest BCUT2D eigenvalue weighted by Crippen LogP contribution is -2.36. The number of aryl methyl sites for hydroxylation is 3. The summed E-state index contributed by atoms with van der Waals surface area (Å²) < 4.78 is 0.391. The van der Waals surface area contributed by atoms with Crippen LogP contribution in [0.4, 0.5) is 5.69 Å². The molecule has 1 saturated heterocycles. The van der Waals surface area contributed by atoms with Gasteiger partial charge in [-0.1, -0.05) is 84.2 Å². The molecule has 1 aliphatic rings. The van der Waals surface area contributed by atoms with Gasteiger partial charge < -0.3 is 5.32 Å². The van der Waals surface area contributed by atoms with Crippen molar-refractivity contribution in [2.24, 2.45) is 0 Å². The fourth-order valence-corrected chi connectivity index (χ4v) is 4.37. The number of amides is 2. The number of nitrogens with zero attached hydrogens (tertiary/aromatic N) is 1. The second-order valence-electron chi connectivity index (χ2n) is 6.88. The number of nitrogens with one attached hydrogen (secondary N) is 1. The molecule has 6 heteroatoms. The maximum atomic E-state index is 12.7. The lowest BCUT2D eigenvalue weighted by molar-refractivity contribution is -0.126. The highest BCUT2D eigenvalue weighted by atomic mass is 32.2. The monoisotopic (exact) mass is 422 g/mol. The maximum absolute atomic E-state index is 12.7. The van der Waals surface area contributed by atoms with E-state index in [4.69, 9.17) is 12.2 Å². The van der Waals surface area contributed by atoms with Crippen LogP contribution in [0, 0.1) is 20.8 Å². The van der Waals surface area contributed by atoms with Gasteiger partial charge in [-0.3, -0.25) is 14.5 Å². The highest BCUT2D eigenvalue weighted by Crippen LogP contribution is 2.31. The Kier molecular flexibility index (Phi) is 6.67. The Hall–Kier alpha value is -2.70. The molecule has 29 heavy (non-hydrogen) atoms. The summed E-state index contributed by atoms with van der Waals surface area (Å²) in [5.74, 6) is -0.511. The van der Waals surface area contributed by atoms with Crippen molar-refractivity contribution in [3.8, 4) is 0 Å². The van der Waals surface area contributed by atoms with Gasteiger partial charge in [-0.15, -0.1) is 0 Å². The molecule has 0 bridgehead atoms. The van der Waals surface area contributed by atoms with Crippen molar-refractivity contribution in [3.05, 3.63) is 81.8 Å². The Morgan fingerprint density at radius 1 is 1.14 bits per heavy atom. The molecule has 0 atom stereocenters. The number of carbonyl (C=O) groups is 2. The van der Waals surface area contributed by atoms with E-state index in [1.54, 1.807) is 6.08 Å². The molecule has 148 valence electrons. The van der Waals surface area contributed by atoms with Crippen LogP contribution in [0.1, 0.15) is 22.3 Å². The van der Waals surface area contributed by atoms with Gasteiger partial charge in [-0.05, 0) is 43.5 Å². The van der Waals surface area contributed by atoms with Gasteiger partial charge in [-0.2, -0.15) is 0 Å². The first-order chi connectivity index (χ1) is 13.8. The van der Waals surface area contributed by atoms with Crippen LogP contribution in [0.2, 0.25) is 0 Å². The number of allylic oxidation sites excluding steroid dienone is 2. The van der Waals surface area contributed by atoms with Crippen molar-refractivity contribution < 1.29 is 9.59 Å². The van der Waals surface area contributed by atoms with Crippen molar-refractivity contribution in [1.29, 1.82) is 0 Å². The number of hydrogen-bond donors (Lipinski definition) is 1. The second kappa shape index (κ2) is 9.20. The lowest BCUT2D eigenvalue weighted by Gasteiger charge is -2.16. The summed E-state index contributed by atoms with van der Waals surface area (Å²) in [6.07, 6.45) is 5.47. The third kappa shape index (κ3) is 5.22. The zero-order chi connectivity index (χ0) is 21.0. The second-order valence-corrected chi connectivity index (χ2v) is 8.56. The summed E-state index contributed by atoms with van der Waals surface area (Å²) >= 11 is 6.52. The highest BCUT2D eigenvalue weighted by Gasteiger charge is 2.33. The number of carbonyl (C=O) groups excluding carboxylic acids is 2. The van der Waals surface area contributed by atoms with E-state index >= 15 is 0 Å². The van der Waals surface area contributed by atoms with Crippen LogP contribution in [-0.4, -0.2) is 27.6 Å². The van der Waals surface area contributed by atoms with E-state index in [2.05, 4.69) is 5.32 Å². The van der Waals surface area contributed by atoms with E-state index in [0.29, 0.717) is 9.23 Å². The van der Waals surface area contributed by atoms with Gasteiger partial charge in [0.1, 0.15) is 10.9 Å². The number of hydrogen-bond acceptors (Lipinski definition) is 4. The van der Waals surface area contributed by atoms with E-state index in [-0.39, 0.29) is 18.4 Å². The molecule has 0 radical (unpaired) electrons. The minimum atomic E-state index is -0.266. The first kappa shape index (κ1) is 21.0. The topological polar surface area (TPSA) is 49.4 Å². The van der Waals surface area contributed by atoms with E-state index in [9.17, 15) is 9.59 Å². The number of thioether (sulfide) groups is 1. The minimum Gasteiger partial charge on any atom is -0.324 e. The summed E-state index contributed by atoms with van der Waals surface area (Å²) in [6, 6.07) is 13.9. The summed E-state index contributed by atoms with van der Waals surface area (Å²) in [7, 11) is 0. The summed E-state index contributed by atoms with van der Waals surface area (Å²) in [5.41, 5.74) is 4.96. The van der Waals surface area contributed by atoms with E-state index in [1.165, 1.54) is 16.7 Å². The van der Waals surface area contributed by atoms with Gasteiger partial charge in [0.25, 0.3) is 5.91 Å². The average Bonchev–Trinajstić information content (AvgIpc) is 2.93. The molecule has 0 spiro atoms. The molecule has 0 aliphatic carbocycles. The fraction of sp³-hybridized carbons (Fsp3) is 0.174. The fourth-order valence-electron chi connectivity index (χ4n) is 3.16. The van der Waals surface area contributed by atoms with Crippen LogP contribution >= 0.6 is 24.0 Å². The number of anilines is 1. The van der Waals surface area contributed by atoms with Crippen molar-refractivity contribution in [3.63, 3.8) is 0 Å². The largest absolute Gasteiger partial charge is 0.324 e. The van der Waals surface area contributed by atoms with Crippen LogP contribution in [0.25, 0.3) is 6.08 Å². The molecular weight excluding hydrogens is 400 g/mol. The summed E-state index contributed by atoms with van der Waals surface area (Å²) in [6.45, 7) is 5.83. The van der Waals surface area contributed by atoms with Crippen molar-refractivity contribution in [1.82, 2.24) is 4.90 Å². The first-order valence-electron chi connectivity index (χ1n) is 9.20. The molecule has 0 unspecified atom stereocenters. The Bertz CT molecular complexity index is 1000. The third-order valence-electron chi connectivity index (χ3n) is 4.45. The van der Waals surface area contributed by atoms with Crippen LogP contribution < -0.4 is 5.32 Å². The van der Waals surface area contributed by atoms with E-state index in [0.717, 1.165) is 27.9 Å². The molecule has 4 nitrogen and oxygen atoms in total. The van der Waals surface area contributed by atoms with Crippen molar-refractivity contribution in [2.45, 2.75) is 20.8 Å². The Balaban J connectivity index is 1.66. The molecule has 1 fully saturated rings. The molecule has 2 aromatic carbocycles. The lowest BCUT2D eigenvalue weighted by atomic mass is 10.1. The Morgan fingerprint density at radius 2 is 1.79 bits per heavy atom. The van der Waals surface area contributed by atoms with Gasteiger partial charge in [0.05, 0.1) is 4.91 Å². The normalized spacial score (nSPS) is 15.6. The predicted octanol–water partition coefficient (Wildman–Crippen LogP) is 5.01. The van der Waals surface area contributed by atoms with Crippen LogP contribution in [0.15, 0.2) is 59.5 Å². The van der Waals surface area contributed by atoms with Gasteiger partial charge in [0.2, 0.25) is 5.91 Å². The standard InChI is InChI=1S/C23H22N2O2S2/c1-15-12-16(2)21(17(3)13-15)24-20(26)14-25-22(27)19(29-23(25)28)11-7-10-18-8-5-4-6-9-18/h4-13H,14H2,1-3H3,(H,24,26)/b10-7+,19-11+. The van der Waals surface area contributed by atoms with E-state index < -0.39 is 0 Å².